The van der Waals surface area contributed by atoms with E-state index in [1.54, 1.807) is 12.1 Å². The number of amides is 1. The maximum absolute atomic E-state index is 12.1. The summed E-state index contributed by atoms with van der Waals surface area (Å²) in [7, 11) is 0. The summed E-state index contributed by atoms with van der Waals surface area (Å²) in [5, 5.41) is 15.4. The highest BCUT2D eigenvalue weighted by atomic mass is 35.5. The molecule has 0 atom stereocenters. The van der Waals surface area contributed by atoms with Gasteiger partial charge in [0.1, 0.15) is 11.6 Å². The third-order valence-electron chi connectivity index (χ3n) is 2.98. The lowest BCUT2D eigenvalue weighted by Gasteiger charge is -2.07. The Hall–Kier alpha value is -2.48. The maximum atomic E-state index is 12.1. The summed E-state index contributed by atoms with van der Waals surface area (Å²) in [5.41, 5.74) is 2.16. The van der Waals surface area contributed by atoms with E-state index in [-0.39, 0.29) is 5.57 Å². The molecule has 23 heavy (non-hydrogen) atoms. The lowest BCUT2D eigenvalue weighted by Crippen LogP contribution is -2.14. The van der Waals surface area contributed by atoms with Crippen LogP contribution in [0.25, 0.3) is 0 Å². The second kappa shape index (κ2) is 7.68. The zero-order valence-corrected chi connectivity index (χ0v) is 13.7. The van der Waals surface area contributed by atoms with E-state index < -0.39 is 5.91 Å². The maximum Gasteiger partial charge on any atom is 0.267 e. The highest BCUT2D eigenvalue weighted by Crippen LogP contribution is 2.25. The minimum atomic E-state index is -0.573. The van der Waals surface area contributed by atoms with Crippen LogP contribution in [0.15, 0.2) is 54.2 Å². The molecule has 2 aromatic rings. The Balaban J connectivity index is 2.12. The second-order valence-electron chi connectivity index (χ2n) is 4.76. The Morgan fingerprint density at radius 2 is 1.87 bits per heavy atom. The fraction of sp³-hybridized carbons (Fsp3) is 0.0588. The smallest absolute Gasteiger partial charge is 0.267 e. The van der Waals surface area contributed by atoms with Gasteiger partial charge in [-0.25, -0.2) is 0 Å². The van der Waals surface area contributed by atoms with Gasteiger partial charge >= 0.3 is 0 Å². The van der Waals surface area contributed by atoms with Gasteiger partial charge in [-0.2, -0.15) is 5.26 Å². The van der Waals surface area contributed by atoms with E-state index in [2.05, 4.69) is 10.6 Å². The topological polar surface area (TPSA) is 64.9 Å². The minimum absolute atomic E-state index is 0.0818. The molecule has 4 nitrogen and oxygen atoms in total. The van der Waals surface area contributed by atoms with E-state index in [0.29, 0.717) is 15.7 Å². The number of hydrogen-bond acceptors (Lipinski definition) is 3. The quantitative estimate of drug-likeness (QED) is 0.620. The lowest BCUT2D eigenvalue weighted by molar-refractivity contribution is -0.112. The van der Waals surface area contributed by atoms with Gasteiger partial charge < -0.3 is 10.6 Å². The molecule has 0 spiro atoms. The molecule has 0 heterocycles. The molecule has 116 valence electrons. The van der Waals surface area contributed by atoms with Crippen LogP contribution in [0.3, 0.4) is 0 Å². The van der Waals surface area contributed by atoms with Crippen molar-refractivity contribution in [2.45, 2.75) is 6.92 Å². The highest BCUT2D eigenvalue weighted by molar-refractivity contribution is 6.35. The number of halogens is 2. The average Bonchev–Trinajstić information content (AvgIpc) is 2.53. The largest absolute Gasteiger partial charge is 0.360 e. The van der Waals surface area contributed by atoms with Gasteiger partial charge in [0.2, 0.25) is 0 Å². The van der Waals surface area contributed by atoms with Crippen LogP contribution < -0.4 is 10.6 Å². The number of aryl methyl sites for hydroxylation is 1. The summed E-state index contributed by atoms with van der Waals surface area (Å²) >= 11 is 11.9. The van der Waals surface area contributed by atoms with E-state index in [1.807, 2.05) is 37.3 Å². The Morgan fingerprint density at radius 3 is 2.52 bits per heavy atom. The molecule has 0 saturated carbocycles. The zero-order chi connectivity index (χ0) is 16.8. The standard InChI is InChI=1S/C17H13Cl2N3O/c1-11-2-5-14(6-3-11)21-10-12(9-20)17(23)22-16-8-13(18)4-7-15(16)19/h2-8,10,21H,1H3,(H,22,23)/b12-10-. The van der Waals surface area contributed by atoms with Gasteiger partial charge in [0, 0.05) is 16.9 Å². The SMILES string of the molecule is Cc1ccc(N/C=C(/C#N)C(=O)Nc2cc(Cl)ccc2Cl)cc1. The van der Waals surface area contributed by atoms with E-state index >= 15 is 0 Å². The summed E-state index contributed by atoms with van der Waals surface area (Å²) in [6, 6.07) is 14.1. The Labute approximate surface area is 144 Å². The van der Waals surface area contributed by atoms with Gasteiger partial charge in [0.15, 0.2) is 0 Å². The molecule has 0 aliphatic rings. The molecule has 2 rings (SSSR count). The molecule has 0 bridgehead atoms. The molecule has 2 aromatic carbocycles. The predicted molar refractivity (Wildman–Crippen MR) is 93.6 cm³/mol. The summed E-state index contributed by atoms with van der Waals surface area (Å²) < 4.78 is 0. The van der Waals surface area contributed by atoms with Crippen molar-refractivity contribution in [3.63, 3.8) is 0 Å². The first-order valence-electron chi connectivity index (χ1n) is 6.69. The highest BCUT2D eigenvalue weighted by Gasteiger charge is 2.11. The number of carbonyl (C=O) groups excluding carboxylic acids is 1. The Bertz CT molecular complexity index is 792. The monoisotopic (exact) mass is 345 g/mol. The van der Waals surface area contributed by atoms with E-state index in [4.69, 9.17) is 28.5 Å². The van der Waals surface area contributed by atoms with Crippen molar-refractivity contribution in [1.29, 1.82) is 5.26 Å². The lowest BCUT2D eigenvalue weighted by atomic mass is 10.2. The molecular formula is C17H13Cl2N3O. The number of nitrogens with one attached hydrogen (secondary N) is 2. The second-order valence-corrected chi connectivity index (χ2v) is 5.60. The first-order valence-corrected chi connectivity index (χ1v) is 7.45. The van der Waals surface area contributed by atoms with Gasteiger partial charge in [-0.15, -0.1) is 0 Å². The third-order valence-corrected chi connectivity index (χ3v) is 3.54. The molecule has 0 aliphatic carbocycles. The zero-order valence-electron chi connectivity index (χ0n) is 12.2. The van der Waals surface area contributed by atoms with Crippen LogP contribution in [0.4, 0.5) is 11.4 Å². The van der Waals surface area contributed by atoms with Crippen LogP contribution in [0.1, 0.15) is 5.56 Å². The van der Waals surface area contributed by atoms with Crippen molar-refractivity contribution in [2.75, 3.05) is 10.6 Å². The first kappa shape index (κ1) is 16.9. The molecule has 0 aromatic heterocycles. The number of hydrogen-bond donors (Lipinski definition) is 2. The minimum Gasteiger partial charge on any atom is -0.360 e. The van der Waals surface area contributed by atoms with Crippen molar-refractivity contribution >= 4 is 40.5 Å². The van der Waals surface area contributed by atoms with Crippen LogP contribution in [-0.4, -0.2) is 5.91 Å². The number of carbonyl (C=O) groups is 1. The van der Waals surface area contributed by atoms with Crippen LogP contribution >= 0.6 is 23.2 Å². The molecule has 0 unspecified atom stereocenters. The van der Waals surface area contributed by atoms with Gasteiger partial charge in [-0.05, 0) is 37.3 Å². The van der Waals surface area contributed by atoms with Gasteiger partial charge in [0.25, 0.3) is 5.91 Å². The molecule has 2 N–H and O–H groups in total. The predicted octanol–water partition coefficient (Wildman–Crippen LogP) is 4.76. The molecular weight excluding hydrogens is 333 g/mol. The molecule has 6 heteroatoms. The van der Waals surface area contributed by atoms with Crippen molar-refractivity contribution < 1.29 is 4.79 Å². The number of nitrogens with zero attached hydrogens (tertiary/aromatic N) is 1. The fourth-order valence-electron chi connectivity index (χ4n) is 1.74. The summed E-state index contributed by atoms with van der Waals surface area (Å²) in [6.07, 6.45) is 1.35. The molecule has 0 fully saturated rings. The van der Waals surface area contributed by atoms with Gasteiger partial charge in [0.05, 0.1) is 10.7 Å². The van der Waals surface area contributed by atoms with Crippen molar-refractivity contribution in [1.82, 2.24) is 0 Å². The van der Waals surface area contributed by atoms with Crippen LogP contribution in [0, 0.1) is 18.3 Å². The summed E-state index contributed by atoms with van der Waals surface area (Å²) in [6.45, 7) is 1.97. The number of anilines is 2. The van der Waals surface area contributed by atoms with Crippen molar-refractivity contribution in [3.8, 4) is 6.07 Å². The van der Waals surface area contributed by atoms with Crippen LogP contribution in [-0.2, 0) is 4.79 Å². The number of rotatable bonds is 4. The van der Waals surface area contributed by atoms with E-state index in [0.717, 1.165) is 11.3 Å². The molecule has 1 amide bonds. The molecule has 0 aliphatic heterocycles. The number of benzene rings is 2. The summed E-state index contributed by atoms with van der Waals surface area (Å²) in [4.78, 5) is 12.1. The number of nitriles is 1. The van der Waals surface area contributed by atoms with Crippen LogP contribution in [0.2, 0.25) is 10.0 Å². The summed E-state index contributed by atoms with van der Waals surface area (Å²) in [5.74, 6) is -0.573. The van der Waals surface area contributed by atoms with Crippen LogP contribution in [0.5, 0.6) is 0 Å². The fourth-order valence-corrected chi connectivity index (χ4v) is 2.07. The molecule has 0 radical (unpaired) electrons. The molecule has 0 saturated heterocycles. The van der Waals surface area contributed by atoms with E-state index in [9.17, 15) is 4.79 Å². The van der Waals surface area contributed by atoms with Crippen molar-refractivity contribution in [3.05, 3.63) is 69.8 Å². The first-order chi connectivity index (χ1) is 11.0. The Kier molecular flexibility index (Phi) is 5.64. The third kappa shape index (κ3) is 4.75. The van der Waals surface area contributed by atoms with Gasteiger partial charge in [-0.1, -0.05) is 40.9 Å². The van der Waals surface area contributed by atoms with Crippen molar-refractivity contribution in [2.24, 2.45) is 0 Å². The van der Waals surface area contributed by atoms with Gasteiger partial charge in [-0.3, -0.25) is 4.79 Å². The normalized spacial score (nSPS) is 10.8. The average molecular weight is 346 g/mol. The van der Waals surface area contributed by atoms with E-state index in [1.165, 1.54) is 12.3 Å². The Morgan fingerprint density at radius 1 is 1.17 bits per heavy atom.